The van der Waals surface area contributed by atoms with E-state index < -0.39 is 11.7 Å². The molecule has 7 nitrogen and oxygen atoms in total. The Kier molecular flexibility index (Phi) is 6.51. The van der Waals surface area contributed by atoms with Crippen LogP contribution < -0.4 is 15.4 Å². The summed E-state index contributed by atoms with van der Waals surface area (Å²) in [6.45, 7) is 0.0389. The molecule has 9 heteroatoms. The minimum absolute atomic E-state index is 0.00670. The fraction of sp³-hybridized carbons (Fsp3) is 0.227. The van der Waals surface area contributed by atoms with Gasteiger partial charge in [0, 0.05) is 23.6 Å². The highest BCUT2D eigenvalue weighted by Crippen LogP contribution is 2.34. The van der Waals surface area contributed by atoms with E-state index in [0.717, 1.165) is 22.6 Å². The van der Waals surface area contributed by atoms with Crippen molar-refractivity contribution in [3.05, 3.63) is 77.2 Å². The highest BCUT2D eigenvalue weighted by Gasteiger charge is 2.25. The van der Waals surface area contributed by atoms with E-state index in [2.05, 4.69) is 15.7 Å². The Hall–Kier alpha value is -3.33. The van der Waals surface area contributed by atoms with Gasteiger partial charge >= 0.3 is 0 Å². The van der Waals surface area contributed by atoms with Gasteiger partial charge in [0.2, 0.25) is 5.91 Å². The maximum Gasteiger partial charge on any atom is 0.263 e. The van der Waals surface area contributed by atoms with Gasteiger partial charge in [0.1, 0.15) is 12.4 Å². The quantitative estimate of drug-likeness (QED) is 0.562. The fourth-order valence-corrected chi connectivity index (χ4v) is 4.22. The van der Waals surface area contributed by atoms with Crippen molar-refractivity contribution >= 4 is 29.4 Å². The van der Waals surface area contributed by atoms with Crippen molar-refractivity contribution in [1.82, 2.24) is 15.1 Å². The van der Waals surface area contributed by atoms with Crippen molar-refractivity contribution in [3.63, 3.8) is 0 Å². The number of halogens is 1. The third kappa shape index (κ3) is 5.24. The molecule has 0 saturated heterocycles. The Morgan fingerprint density at radius 3 is 2.65 bits per heavy atom. The molecule has 0 radical (unpaired) electrons. The van der Waals surface area contributed by atoms with Crippen LogP contribution >= 0.6 is 11.8 Å². The van der Waals surface area contributed by atoms with Crippen LogP contribution in [0.3, 0.4) is 0 Å². The Morgan fingerprint density at radius 1 is 1.06 bits per heavy atom. The van der Waals surface area contributed by atoms with Crippen molar-refractivity contribution in [2.45, 2.75) is 24.6 Å². The molecule has 2 amide bonds. The predicted molar refractivity (Wildman–Crippen MR) is 116 cm³/mol. The predicted octanol–water partition coefficient (Wildman–Crippen LogP) is 3.10. The van der Waals surface area contributed by atoms with Crippen molar-refractivity contribution < 1.29 is 18.7 Å². The number of carbonyl (C=O) groups excluding carboxylic acids is 2. The van der Waals surface area contributed by atoms with Crippen LogP contribution in [0.5, 0.6) is 5.75 Å². The number of para-hydroxylation sites is 1. The van der Waals surface area contributed by atoms with E-state index in [0.29, 0.717) is 18.1 Å². The number of ether oxygens (including phenoxy) is 1. The Morgan fingerprint density at radius 2 is 1.84 bits per heavy atom. The van der Waals surface area contributed by atoms with Gasteiger partial charge in [-0.3, -0.25) is 9.59 Å². The lowest BCUT2D eigenvalue weighted by Gasteiger charge is -2.12. The van der Waals surface area contributed by atoms with Gasteiger partial charge in [-0.25, -0.2) is 9.07 Å². The second kappa shape index (κ2) is 9.65. The second-order valence-electron chi connectivity index (χ2n) is 6.95. The van der Waals surface area contributed by atoms with Crippen LogP contribution in [-0.4, -0.2) is 28.2 Å². The zero-order valence-electron chi connectivity index (χ0n) is 16.6. The topological polar surface area (TPSA) is 85.2 Å². The number of benzene rings is 2. The summed E-state index contributed by atoms with van der Waals surface area (Å²) < 4.78 is 20.5. The molecule has 0 spiro atoms. The van der Waals surface area contributed by atoms with Gasteiger partial charge in [0.25, 0.3) is 5.91 Å². The van der Waals surface area contributed by atoms with Crippen LogP contribution in [0.25, 0.3) is 0 Å². The molecule has 3 aromatic rings. The van der Waals surface area contributed by atoms with Gasteiger partial charge < -0.3 is 15.4 Å². The lowest BCUT2D eigenvalue weighted by molar-refractivity contribution is -0.122. The summed E-state index contributed by atoms with van der Waals surface area (Å²) in [5.41, 5.74) is 2.75. The van der Waals surface area contributed by atoms with Crippen molar-refractivity contribution in [2.75, 3.05) is 11.9 Å². The zero-order valence-corrected chi connectivity index (χ0v) is 17.5. The monoisotopic (exact) mass is 440 g/mol. The number of thioether (sulfide) groups is 1. The molecular formula is C22H21FN4O3S. The van der Waals surface area contributed by atoms with Crippen LogP contribution in [0.4, 0.5) is 10.2 Å². The molecule has 0 aliphatic carbocycles. The maximum atomic E-state index is 13.7. The Bertz CT molecular complexity index is 1090. The molecule has 1 aromatic heterocycles. The number of nitrogens with one attached hydrogen (secondary N) is 2. The molecule has 31 heavy (non-hydrogen) atoms. The standard InChI is InChI=1S/C22H21FN4O3S/c23-17-8-4-5-9-19(17)30-12-21(29)25-22-16-13-31-14-18(16)26-27(22)11-20(28)24-10-15-6-2-1-3-7-15/h1-9H,10-14H2,(H,24,28)(H,25,29). The first-order valence-electron chi connectivity index (χ1n) is 9.74. The van der Waals surface area contributed by atoms with Gasteiger partial charge in [-0.15, -0.1) is 0 Å². The number of fused-ring (bicyclic) bond motifs is 1. The number of rotatable bonds is 8. The van der Waals surface area contributed by atoms with E-state index in [-0.39, 0.29) is 24.8 Å². The van der Waals surface area contributed by atoms with E-state index >= 15 is 0 Å². The van der Waals surface area contributed by atoms with Gasteiger partial charge in [0.15, 0.2) is 18.2 Å². The first-order chi connectivity index (χ1) is 15.1. The summed E-state index contributed by atoms with van der Waals surface area (Å²) in [6.07, 6.45) is 0. The Balaban J connectivity index is 1.39. The first kappa shape index (κ1) is 20.9. The molecule has 2 heterocycles. The molecule has 2 aromatic carbocycles. The molecule has 160 valence electrons. The maximum absolute atomic E-state index is 13.7. The van der Waals surface area contributed by atoms with Crippen LogP contribution in [0.1, 0.15) is 16.8 Å². The smallest absolute Gasteiger partial charge is 0.263 e. The average molecular weight is 441 g/mol. The first-order valence-corrected chi connectivity index (χ1v) is 10.9. The molecule has 1 aliphatic rings. The lowest BCUT2D eigenvalue weighted by atomic mass is 10.2. The van der Waals surface area contributed by atoms with Crippen LogP contribution in [0.2, 0.25) is 0 Å². The molecule has 0 unspecified atom stereocenters. The summed E-state index contributed by atoms with van der Waals surface area (Å²) in [7, 11) is 0. The van der Waals surface area contributed by atoms with Crippen molar-refractivity contribution in [1.29, 1.82) is 0 Å². The van der Waals surface area contributed by atoms with Crippen LogP contribution in [0, 0.1) is 5.82 Å². The summed E-state index contributed by atoms with van der Waals surface area (Å²) in [5.74, 6) is 0.717. The zero-order chi connectivity index (χ0) is 21.6. The summed E-state index contributed by atoms with van der Waals surface area (Å²) >= 11 is 1.69. The van der Waals surface area contributed by atoms with E-state index in [1.54, 1.807) is 23.9 Å². The third-order valence-electron chi connectivity index (χ3n) is 4.70. The SMILES string of the molecule is O=C(Cn1nc2c(c1NC(=O)COc1ccccc1F)CSC2)NCc1ccccc1. The van der Waals surface area contributed by atoms with Crippen LogP contribution in [-0.2, 0) is 34.2 Å². The van der Waals surface area contributed by atoms with Gasteiger partial charge in [-0.2, -0.15) is 16.9 Å². The molecule has 2 N–H and O–H groups in total. The van der Waals surface area contributed by atoms with Gasteiger partial charge in [0.05, 0.1) is 5.69 Å². The van der Waals surface area contributed by atoms with Gasteiger partial charge in [-0.05, 0) is 17.7 Å². The summed E-state index contributed by atoms with van der Waals surface area (Å²) in [6, 6.07) is 15.5. The van der Waals surface area contributed by atoms with Crippen molar-refractivity contribution in [3.8, 4) is 5.75 Å². The molecule has 0 bridgehead atoms. The number of amides is 2. The van der Waals surface area contributed by atoms with E-state index in [1.165, 1.54) is 16.8 Å². The van der Waals surface area contributed by atoms with Gasteiger partial charge in [-0.1, -0.05) is 42.5 Å². The largest absolute Gasteiger partial charge is 0.481 e. The lowest BCUT2D eigenvalue weighted by Crippen LogP contribution is -2.29. The minimum atomic E-state index is -0.535. The van der Waals surface area contributed by atoms with Crippen LogP contribution in [0.15, 0.2) is 54.6 Å². The van der Waals surface area contributed by atoms with Crippen molar-refractivity contribution in [2.24, 2.45) is 0 Å². The van der Waals surface area contributed by atoms with E-state index in [4.69, 9.17) is 4.74 Å². The normalized spacial score (nSPS) is 12.3. The fourth-order valence-electron chi connectivity index (χ4n) is 3.18. The number of hydrogen-bond donors (Lipinski definition) is 2. The molecule has 0 atom stereocenters. The summed E-state index contributed by atoms with van der Waals surface area (Å²) in [5, 5.41) is 10.1. The number of nitrogens with zero attached hydrogens (tertiary/aromatic N) is 2. The van der Waals surface area contributed by atoms with E-state index in [1.807, 2.05) is 30.3 Å². The van der Waals surface area contributed by atoms with E-state index in [9.17, 15) is 14.0 Å². The second-order valence-corrected chi connectivity index (χ2v) is 7.94. The number of hydrogen-bond acceptors (Lipinski definition) is 5. The highest BCUT2D eigenvalue weighted by atomic mass is 32.2. The summed E-state index contributed by atoms with van der Waals surface area (Å²) in [4.78, 5) is 24.9. The number of carbonyl (C=O) groups is 2. The molecule has 4 rings (SSSR count). The molecule has 0 fully saturated rings. The number of aromatic nitrogens is 2. The molecule has 0 saturated carbocycles. The average Bonchev–Trinajstić information content (AvgIpc) is 3.35. The molecule has 1 aliphatic heterocycles. The molecular weight excluding hydrogens is 419 g/mol. The highest BCUT2D eigenvalue weighted by molar-refractivity contribution is 7.98. The third-order valence-corrected chi connectivity index (χ3v) is 5.67. The Labute approximate surface area is 183 Å². The minimum Gasteiger partial charge on any atom is -0.481 e. The number of anilines is 1.